The number of hydrogen-bond donors (Lipinski definition) is 1. The number of amides is 1. The number of nitrogens with zero attached hydrogens (tertiary/aromatic N) is 5. The Bertz CT molecular complexity index is 958. The van der Waals surface area contributed by atoms with Gasteiger partial charge in [0.2, 0.25) is 5.91 Å². The maximum Gasteiger partial charge on any atom is 0.240 e. The van der Waals surface area contributed by atoms with Gasteiger partial charge in [0.25, 0.3) is 0 Å². The van der Waals surface area contributed by atoms with Crippen LogP contribution in [0.5, 0.6) is 0 Å². The van der Waals surface area contributed by atoms with Crippen LogP contribution in [-0.4, -0.2) is 30.3 Å². The number of hydrogen-bond acceptors (Lipinski definition) is 5. The van der Waals surface area contributed by atoms with Crippen LogP contribution in [0.2, 0.25) is 0 Å². The first kappa shape index (κ1) is 14.6. The summed E-state index contributed by atoms with van der Waals surface area (Å²) in [6, 6.07) is 11.6. The van der Waals surface area contributed by atoms with E-state index in [4.69, 9.17) is 0 Å². The first-order valence-corrected chi connectivity index (χ1v) is 8.30. The molecular formula is C16H14N6OS. The van der Waals surface area contributed by atoms with Gasteiger partial charge in [0.15, 0.2) is 11.5 Å². The van der Waals surface area contributed by atoms with Gasteiger partial charge in [0.1, 0.15) is 12.2 Å². The summed E-state index contributed by atoms with van der Waals surface area (Å²) in [6.07, 6.45) is 3.70. The molecule has 0 spiro atoms. The fourth-order valence-electron chi connectivity index (χ4n) is 2.37. The van der Waals surface area contributed by atoms with Crippen LogP contribution in [0.25, 0.3) is 16.2 Å². The van der Waals surface area contributed by atoms with Gasteiger partial charge in [-0.25, -0.2) is 0 Å². The summed E-state index contributed by atoms with van der Waals surface area (Å²) in [4.78, 5) is 13.1. The van der Waals surface area contributed by atoms with Gasteiger partial charge in [-0.2, -0.15) is 9.61 Å². The molecule has 0 aliphatic heterocycles. The molecule has 4 aromatic rings. The molecular weight excluding hydrogens is 324 g/mol. The number of aromatic nitrogens is 5. The third-order valence-electron chi connectivity index (χ3n) is 3.54. The molecule has 0 bridgehead atoms. The highest BCUT2D eigenvalue weighted by Gasteiger charge is 2.10. The largest absolute Gasteiger partial charge is 0.347 e. The van der Waals surface area contributed by atoms with E-state index in [-0.39, 0.29) is 19.0 Å². The van der Waals surface area contributed by atoms with Gasteiger partial charge in [-0.3, -0.25) is 4.79 Å². The summed E-state index contributed by atoms with van der Waals surface area (Å²) < 4.78 is 3.48. The van der Waals surface area contributed by atoms with E-state index in [0.717, 1.165) is 10.6 Å². The Balaban J connectivity index is 1.51. The number of carbonyl (C=O) groups excluding carboxylic acids is 1. The number of nitrogens with one attached hydrogen (secondary N) is 1. The van der Waals surface area contributed by atoms with E-state index >= 15 is 0 Å². The molecule has 0 aromatic carbocycles. The molecule has 0 fully saturated rings. The zero-order valence-electron chi connectivity index (χ0n) is 12.7. The van der Waals surface area contributed by atoms with Crippen LogP contribution in [0.15, 0.2) is 54.2 Å². The minimum absolute atomic E-state index is 0.0858. The highest BCUT2D eigenvalue weighted by atomic mass is 32.1. The van der Waals surface area contributed by atoms with Crippen LogP contribution in [0.3, 0.4) is 0 Å². The van der Waals surface area contributed by atoms with Crippen LogP contribution >= 0.6 is 11.3 Å². The van der Waals surface area contributed by atoms with Crippen molar-refractivity contribution in [3.63, 3.8) is 0 Å². The molecule has 7 nitrogen and oxygen atoms in total. The van der Waals surface area contributed by atoms with E-state index in [9.17, 15) is 4.79 Å². The Morgan fingerprint density at radius 3 is 2.79 bits per heavy atom. The Labute approximate surface area is 141 Å². The Hall–Kier alpha value is -3.00. The monoisotopic (exact) mass is 338 g/mol. The SMILES string of the molecule is O=C(Cn1cccc1)NCc1nnc2ccc(-c3cccs3)nn12. The molecule has 4 aromatic heterocycles. The number of carbonyl (C=O) groups is 1. The van der Waals surface area contributed by atoms with Gasteiger partial charge in [-0.1, -0.05) is 6.07 Å². The molecule has 1 N–H and O–H groups in total. The third-order valence-corrected chi connectivity index (χ3v) is 4.43. The van der Waals surface area contributed by atoms with Crippen LogP contribution in [-0.2, 0) is 17.9 Å². The minimum atomic E-state index is -0.0858. The summed E-state index contributed by atoms with van der Waals surface area (Å²) in [7, 11) is 0. The van der Waals surface area contributed by atoms with Crippen molar-refractivity contribution in [2.24, 2.45) is 0 Å². The lowest BCUT2D eigenvalue weighted by Gasteiger charge is -2.05. The summed E-state index contributed by atoms with van der Waals surface area (Å²) in [5.41, 5.74) is 1.52. The molecule has 0 aliphatic rings. The van der Waals surface area contributed by atoms with Crippen molar-refractivity contribution in [1.29, 1.82) is 0 Å². The summed E-state index contributed by atoms with van der Waals surface area (Å²) in [5, 5.41) is 17.6. The normalized spacial score (nSPS) is 11.0. The molecule has 0 unspecified atom stereocenters. The molecule has 4 rings (SSSR count). The zero-order chi connectivity index (χ0) is 16.4. The lowest BCUT2D eigenvalue weighted by atomic mass is 10.3. The Kier molecular flexibility index (Phi) is 3.80. The summed E-state index contributed by atoms with van der Waals surface area (Å²) >= 11 is 1.62. The van der Waals surface area contributed by atoms with E-state index in [1.54, 1.807) is 15.9 Å². The standard InChI is InChI=1S/C16H14N6OS/c23-16(11-21-7-1-2-8-21)17-10-15-19-18-14-6-5-12(20-22(14)15)13-4-3-9-24-13/h1-9H,10-11H2,(H,17,23). The molecule has 8 heteroatoms. The van der Waals surface area contributed by atoms with E-state index in [1.165, 1.54) is 0 Å². The van der Waals surface area contributed by atoms with E-state index < -0.39 is 0 Å². The molecule has 120 valence electrons. The Morgan fingerprint density at radius 2 is 2.00 bits per heavy atom. The summed E-state index contributed by atoms with van der Waals surface area (Å²) in [5.74, 6) is 0.515. The topological polar surface area (TPSA) is 77.1 Å². The second-order valence-electron chi connectivity index (χ2n) is 5.21. The number of thiophene rings is 1. The van der Waals surface area contributed by atoms with Crippen LogP contribution in [0, 0.1) is 0 Å². The van der Waals surface area contributed by atoms with E-state index in [1.807, 2.05) is 58.7 Å². The second kappa shape index (κ2) is 6.25. The lowest BCUT2D eigenvalue weighted by molar-refractivity contribution is -0.121. The van der Waals surface area contributed by atoms with Crippen molar-refractivity contribution < 1.29 is 4.79 Å². The van der Waals surface area contributed by atoms with Gasteiger partial charge in [-0.15, -0.1) is 21.5 Å². The fraction of sp³-hybridized carbons (Fsp3) is 0.125. The number of fused-ring (bicyclic) bond motifs is 1. The average Bonchev–Trinajstić information content (AvgIpc) is 3.34. The first-order chi connectivity index (χ1) is 11.8. The quantitative estimate of drug-likeness (QED) is 0.603. The van der Waals surface area contributed by atoms with Gasteiger partial charge < -0.3 is 9.88 Å². The van der Waals surface area contributed by atoms with Crippen molar-refractivity contribution in [3.05, 3.63) is 60.0 Å². The van der Waals surface area contributed by atoms with Crippen LogP contribution in [0.1, 0.15) is 5.82 Å². The molecule has 24 heavy (non-hydrogen) atoms. The predicted molar refractivity (Wildman–Crippen MR) is 90.4 cm³/mol. The van der Waals surface area contributed by atoms with Gasteiger partial charge in [0.05, 0.1) is 11.4 Å². The van der Waals surface area contributed by atoms with Crippen molar-refractivity contribution in [1.82, 2.24) is 29.7 Å². The molecule has 0 saturated carbocycles. The van der Waals surface area contributed by atoms with Crippen molar-refractivity contribution in [2.45, 2.75) is 13.1 Å². The van der Waals surface area contributed by atoms with Crippen molar-refractivity contribution >= 4 is 22.9 Å². The van der Waals surface area contributed by atoms with Crippen LogP contribution < -0.4 is 5.32 Å². The molecule has 0 saturated heterocycles. The Morgan fingerprint density at radius 1 is 1.12 bits per heavy atom. The highest BCUT2D eigenvalue weighted by Crippen LogP contribution is 2.22. The fourth-order valence-corrected chi connectivity index (χ4v) is 3.06. The molecule has 1 amide bonds. The molecule has 0 atom stereocenters. The molecule has 0 aliphatic carbocycles. The van der Waals surface area contributed by atoms with Gasteiger partial charge in [-0.05, 0) is 35.7 Å². The highest BCUT2D eigenvalue weighted by molar-refractivity contribution is 7.13. The molecule has 0 radical (unpaired) electrons. The average molecular weight is 338 g/mol. The van der Waals surface area contributed by atoms with Gasteiger partial charge in [0, 0.05) is 12.4 Å². The minimum Gasteiger partial charge on any atom is -0.347 e. The predicted octanol–water partition coefficient (Wildman–Crippen LogP) is 1.97. The van der Waals surface area contributed by atoms with E-state index in [0.29, 0.717) is 11.5 Å². The maximum atomic E-state index is 12.0. The zero-order valence-corrected chi connectivity index (χ0v) is 13.5. The van der Waals surface area contributed by atoms with E-state index in [2.05, 4.69) is 20.6 Å². The van der Waals surface area contributed by atoms with Crippen molar-refractivity contribution in [3.8, 4) is 10.6 Å². The first-order valence-electron chi connectivity index (χ1n) is 7.42. The molecule has 4 heterocycles. The summed E-state index contributed by atoms with van der Waals surface area (Å²) in [6.45, 7) is 0.555. The smallest absolute Gasteiger partial charge is 0.240 e. The van der Waals surface area contributed by atoms with Gasteiger partial charge >= 0.3 is 0 Å². The lowest BCUT2D eigenvalue weighted by Crippen LogP contribution is -2.27. The van der Waals surface area contributed by atoms with Crippen LogP contribution in [0.4, 0.5) is 0 Å². The maximum absolute atomic E-state index is 12.0. The number of rotatable bonds is 5. The third kappa shape index (κ3) is 2.91. The van der Waals surface area contributed by atoms with Crippen molar-refractivity contribution in [2.75, 3.05) is 0 Å². The second-order valence-corrected chi connectivity index (χ2v) is 6.16.